The summed E-state index contributed by atoms with van der Waals surface area (Å²) in [5.74, 6) is 0.197. The maximum absolute atomic E-state index is 12.8. The fourth-order valence-corrected chi connectivity index (χ4v) is 3.28. The zero-order valence-electron chi connectivity index (χ0n) is 15.2. The molecular weight excluding hydrogens is 356 g/mol. The molecule has 1 aliphatic heterocycles. The third-order valence-electron chi connectivity index (χ3n) is 4.65. The van der Waals surface area contributed by atoms with Crippen molar-refractivity contribution < 1.29 is 14.3 Å². The lowest BCUT2D eigenvalue weighted by molar-refractivity contribution is 0.0960. The Bertz CT molecular complexity index is 1020. The lowest BCUT2D eigenvalue weighted by Gasteiger charge is -2.13. The minimum Gasteiger partial charge on any atom is -0.491 e. The smallest absolute Gasteiger partial charge is 0.256 e. The Labute approximate surface area is 161 Å². The third kappa shape index (κ3) is 3.29. The van der Waals surface area contributed by atoms with Gasteiger partial charge in [-0.15, -0.1) is 0 Å². The van der Waals surface area contributed by atoms with Gasteiger partial charge in [-0.05, 0) is 23.8 Å². The number of anilines is 1. The molecule has 3 aromatic rings. The van der Waals surface area contributed by atoms with E-state index in [0.29, 0.717) is 29.3 Å². The lowest BCUT2D eigenvalue weighted by Crippen LogP contribution is -2.20. The average Bonchev–Trinajstić information content (AvgIpc) is 3.18. The molecule has 1 unspecified atom stereocenters. The summed E-state index contributed by atoms with van der Waals surface area (Å²) in [6, 6.07) is 14.8. The highest BCUT2D eigenvalue weighted by Gasteiger charge is 2.31. The minimum absolute atomic E-state index is 0.0496. The van der Waals surface area contributed by atoms with Gasteiger partial charge >= 0.3 is 0 Å². The number of benzene rings is 2. The summed E-state index contributed by atoms with van der Waals surface area (Å²) in [6.07, 6.45) is 2.90. The summed E-state index contributed by atoms with van der Waals surface area (Å²) >= 11 is 0. The van der Waals surface area contributed by atoms with Crippen LogP contribution in [0.5, 0.6) is 5.75 Å². The van der Waals surface area contributed by atoms with Gasteiger partial charge in [-0.2, -0.15) is 0 Å². The molecule has 1 aromatic heterocycles. The zero-order valence-corrected chi connectivity index (χ0v) is 15.2. The van der Waals surface area contributed by atoms with E-state index in [1.54, 1.807) is 31.4 Å². The highest BCUT2D eigenvalue weighted by molar-refractivity contribution is 6.07. The molecule has 0 saturated carbocycles. The average molecular weight is 374 g/mol. The Hall–Kier alpha value is -3.74. The molecule has 2 amide bonds. The van der Waals surface area contributed by atoms with Gasteiger partial charge in [0.2, 0.25) is 0 Å². The van der Waals surface area contributed by atoms with Crippen LogP contribution in [0.2, 0.25) is 0 Å². The summed E-state index contributed by atoms with van der Waals surface area (Å²) < 4.78 is 5.86. The number of fused-ring (bicyclic) bond motifs is 1. The first-order valence-corrected chi connectivity index (χ1v) is 8.82. The van der Waals surface area contributed by atoms with Crippen LogP contribution in [0.15, 0.2) is 61.1 Å². The van der Waals surface area contributed by atoms with E-state index in [-0.39, 0.29) is 17.7 Å². The lowest BCUT2D eigenvalue weighted by atomic mass is 9.90. The van der Waals surface area contributed by atoms with Crippen LogP contribution in [0, 0.1) is 0 Å². The predicted molar refractivity (Wildman–Crippen MR) is 104 cm³/mol. The number of ether oxygens (including phenoxy) is 1. The summed E-state index contributed by atoms with van der Waals surface area (Å²) in [5, 5.41) is 5.34. The van der Waals surface area contributed by atoms with Crippen molar-refractivity contribution in [3.05, 3.63) is 83.3 Å². The molecule has 2 N–H and O–H groups in total. The predicted octanol–water partition coefficient (Wildman–Crippen LogP) is 2.61. The summed E-state index contributed by atoms with van der Waals surface area (Å²) in [7, 11) is 1.55. The number of nitrogens with zero attached hydrogens (tertiary/aromatic N) is 2. The first-order chi connectivity index (χ1) is 13.7. The van der Waals surface area contributed by atoms with Crippen molar-refractivity contribution in [2.24, 2.45) is 0 Å². The van der Waals surface area contributed by atoms with Gasteiger partial charge in [0.05, 0.1) is 12.2 Å². The van der Waals surface area contributed by atoms with Crippen LogP contribution >= 0.6 is 0 Å². The number of carbonyl (C=O) groups is 2. The molecule has 0 aliphatic carbocycles. The highest BCUT2D eigenvalue weighted by Crippen LogP contribution is 2.41. The second kappa shape index (κ2) is 7.48. The number of rotatable bonds is 4. The Balaban J connectivity index is 1.76. The molecule has 1 atom stereocenters. The van der Waals surface area contributed by atoms with E-state index in [2.05, 4.69) is 20.6 Å². The van der Waals surface area contributed by atoms with Gasteiger partial charge in [0.25, 0.3) is 11.8 Å². The maximum atomic E-state index is 12.8. The van der Waals surface area contributed by atoms with Gasteiger partial charge in [0.1, 0.15) is 17.9 Å². The van der Waals surface area contributed by atoms with Crippen molar-refractivity contribution in [2.45, 2.75) is 5.92 Å². The van der Waals surface area contributed by atoms with E-state index in [0.717, 1.165) is 11.1 Å². The van der Waals surface area contributed by atoms with Crippen molar-refractivity contribution in [3.63, 3.8) is 0 Å². The van der Waals surface area contributed by atoms with Gasteiger partial charge < -0.3 is 15.4 Å². The number of hydrogen-bond donors (Lipinski definition) is 2. The molecule has 7 nitrogen and oxygen atoms in total. The molecule has 140 valence electrons. The first kappa shape index (κ1) is 17.7. The molecular formula is C21H18N4O3. The van der Waals surface area contributed by atoms with Crippen LogP contribution < -0.4 is 15.4 Å². The van der Waals surface area contributed by atoms with E-state index in [9.17, 15) is 9.59 Å². The second-order valence-electron chi connectivity index (χ2n) is 6.34. The molecule has 2 aromatic carbocycles. The first-order valence-electron chi connectivity index (χ1n) is 8.82. The number of amides is 2. The van der Waals surface area contributed by atoms with E-state index in [4.69, 9.17) is 4.74 Å². The summed E-state index contributed by atoms with van der Waals surface area (Å²) in [4.78, 5) is 33.0. The maximum Gasteiger partial charge on any atom is 0.256 e. The monoisotopic (exact) mass is 374 g/mol. The Kier molecular flexibility index (Phi) is 4.72. The van der Waals surface area contributed by atoms with Crippen molar-refractivity contribution in [3.8, 4) is 5.75 Å². The summed E-state index contributed by atoms with van der Waals surface area (Å²) in [6.45, 7) is 0.417. The van der Waals surface area contributed by atoms with Crippen LogP contribution in [-0.2, 0) is 0 Å². The van der Waals surface area contributed by atoms with Crippen LogP contribution in [0.4, 0.5) is 5.82 Å². The molecule has 7 heteroatoms. The zero-order chi connectivity index (χ0) is 19.5. The molecule has 0 radical (unpaired) electrons. The van der Waals surface area contributed by atoms with Crippen molar-refractivity contribution >= 4 is 17.6 Å². The molecule has 28 heavy (non-hydrogen) atoms. The van der Waals surface area contributed by atoms with Gasteiger partial charge in [-0.3, -0.25) is 9.59 Å². The number of aromatic nitrogens is 2. The van der Waals surface area contributed by atoms with E-state index in [1.807, 2.05) is 30.3 Å². The fraction of sp³-hybridized carbons (Fsp3) is 0.143. The Morgan fingerprint density at radius 2 is 1.93 bits per heavy atom. The van der Waals surface area contributed by atoms with E-state index >= 15 is 0 Å². The molecule has 0 fully saturated rings. The summed E-state index contributed by atoms with van der Waals surface area (Å²) in [5.41, 5.74) is 2.59. The largest absolute Gasteiger partial charge is 0.491 e. The highest BCUT2D eigenvalue weighted by atomic mass is 16.5. The fourth-order valence-electron chi connectivity index (χ4n) is 3.28. The third-order valence-corrected chi connectivity index (χ3v) is 4.65. The van der Waals surface area contributed by atoms with Crippen LogP contribution in [0.3, 0.4) is 0 Å². The van der Waals surface area contributed by atoms with Gasteiger partial charge in [-0.1, -0.05) is 30.3 Å². The number of carbonyl (C=O) groups excluding carboxylic acids is 2. The van der Waals surface area contributed by atoms with Crippen LogP contribution in [0.1, 0.15) is 37.8 Å². The van der Waals surface area contributed by atoms with E-state index in [1.165, 1.54) is 6.33 Å². The standard InChI is InChI=1S/C21H18N4O3/c1-22-21(27)16-10-14(20(26)25-18-7-8-23-12-24-18)9-15-17(11-28-19(15)16)13-5-3-2-4-6-13/h2-10,12,17H,11H2,1H3,(H,22,27)(H,23,24,25,26). The molecule has 2 heterocycles. The molecule has 0 saturated heterocycles. The van der Waals surface area contributed by atoms with Crippen molar-refractivity contribution in [1.29, 1.82) is 0 Å². The van der Waals surface area contributed by atoms with E-state index < -0.39 is 0 Å². The van der Waals surface area contributed by atoms with Gasteiger partial charge in [-0.25, -0.2) is 9.97 Å². The quantitative estimate of drug-likeness (QED) is 0.732. The van der Waals surface area contributed by atoms with Gasteiger partial charge in [0, 0.05) is 30.3 Å². The van der Waals surface area contributed by atoms with Crippen LogP contribution in [0.25, 0.3) is 0 Å². The number of hydrogen-bond acceptors (Lipinski definition) is 5. The molecule has 4 rings (SSSR count). The molecule has 1 aliphatic rings. The minimum atomic E-state index is -0.356. The topological polar surface area (TPSA) is 93.2 Å². The Morgan fingerprint density at radius 1 is 1.11 bits per heavy atom. The molecule has 0 spiro atoms. The normalized spacial score (nSPS) is 14.7. The SMILES string of the molecule is CNC(=O)c1cc(C(=O)Nc2ccncn2)cc2c1OCC2c1ccccc1. The van der Waals surface area contributed by atoms with Crippen molar-refractivity contribution in [1.82, 2.24) is 15.3 Å². The molecule has 0 bridgehead atoms. The Morgan fingerprint density at radius 3 is 2.64 bits per heavy atom. The van der Waals surface area contributed by atoms with Crippen molar-refractivity contribution in [2.75, 3.05) is 19.0 Å². The van der Waals surface area contributed by atoms with Crippen LogP contribution in [-0.4, -0.2) is 35.4 Å². The van der Waals surface area contributed by atoms with Gasteiger partial charge in [0.15, 0.2) is 0 Å². The number of nitrogens with one attached hydrogen (secondary N) is 2. The second-order valence-corrected chi connectivity index (χ2v) is 6.34.